The summed E-state index contributed by atoms with van der Waals surface area (Å²) in [5, 5.41) is 2.40. The Balaban J connectivity index is 1.34. The summed E-state index contributed by atoms with van der Waals surface area (Å²) in [6.07, 6.45) is 0. The van der Waals surface area contributed by atoms with Crippen LogP contribution < -0.4 is 38.2 Å². The first-order valence-corrected chi connectivity index (χ1v) is 17.2. The maximum atomic E-state index is 6.80. The lowest BCUT2D eigenvalue weighted by molar-refractivity contribution is 0.675. The van der Waals surface area contributed by atoms with E-state index in [4.69, 9.17) is 19.4 Å². The zero-order chi connectivity index (χ0) is 34.7. The molecule has 4 nitrogen and oxygen atoms in total. The molecular formula is C39H32B7N3O. The molecule has 0 fully saturated rings. The van der Waals surface area contributed by atoms with Crippen molar-refractivity contribution >= 4 is 115 Å². The van der Waals surface area contributed by atoms with Crippen molar-refractivity contribution in [1.29, 1.82) is 0 Å². The summed E-state index contributed by atoms with van der Waals surface area (Å²) < 4.78 is 6.80. The number of furan rings is 1. The molecular weight excluding hydrogens is 602 g/mol. The molecule has 50 heavy (non-hydrogen) atoms. The minimum atomic E-state index is 0.635. The molecule has 0 unspecified atom stereocenters. The van der Waals surface area contributed by atoms with Crippen LogP contribution in [0.25, 0.3) is 78.4 Å². The number of nitrogens with zero attached hydrogens (tertiary/aromatic N) is 3. The van der Waals surface area contributed by atoms with Gasteiger partial charge in [0.2, 0.25) is 0 Å². The Morgan fingerprint density at radius 2 is 0.680 bits per heavy atom. The number of hydrogen-bond donors (Lipinski definition) is 0. The first kappa shape index (κ1) is 31.8. The van der Waals surface area contributed by atoms with Gasteiger partial charge in [0.15, 0.2) is 17.5 Å². The largest absolute Gasteiger partial charge is 0.457 e. The van der Waals surface area contributed by atoms with Crippen molar-refractivity contribution in [1.82, 2.24) is 15.0 Å². The summed E-state index contributed by atoms with van der Waals surface area (Å²) in [7, 11) is 15.3. The van der Waals surface area contributed by atoms with Crippen molar-refractivity contribution in [2.24, 2.45) is 0 Å². The van der Waals surface area contributed by atoms with Crippen LogP contribution in [0, 0.1) is 0 Å². The van der Waals surface area contributed by atoms with Gasteiger partial charge in [-0.2, -0.15) is 0 Å². The van der Waals surface area contributed by atoms with Crippen LogP contribution in [0.4, 0.5) is 0 Å². The van der Waals surface area contributed by atoms with Gasteiger partial charge in [-0.1, -0.05) is 137 Å². The lowest BCUT2D eigenvalue weighted by atomic mass is 9.64. The van der Waals surface area contributed by atoms with Gasteiger partial charge in [0, 0.05) is 27.5 Å². The molecule has 8 rings (SSSR count). The molecule has 0 amide bonds. The highest BCUT2D eigenvalue weighted by Gasteiger charge is 2.24. The van der Waals surface area contributed by atoms with Gasteiger partial charge in [-0.05, 0) is 27.7 Å². The predicted molar refractivity (Wildman–Crippen MR) is 232 cm³/mol. The third-order valence-electron chi connectivity index (χ3n) is 10.7. The van der Waals surface area contributed by atoms with Crippen molar-refractivity contribution < 1.29 is 4.42 Å². The van der Waals surface area contributed by atoms with Gasteiger partial charge in [0.25, 0.3) is 0 Å². The zero-order valence-corrected chi connectivity index (χ0v) is 29.6. The molecule has 0 aliphatic carbocycles. The van der Waals surface area contributed by atoms with Gasteiger partial charge >= 0.3 is 0 Å². The van der Waals surface area contributed by atoms with Crippen molar-refractivity contribution in [2.75, 3.05) is 0 Å². The van der Waals surface area contributed by atoms with E-state index in [9.17, 15) is 0 Å². The van der Waals surface area contributed by atoms with Crippen molar-refractivity contribution in [2.45, 2.75) is 0 Å². The molecule has 8 aromatic rings. The summed E-state index contributed by atoms with van der Waals surface area (Å²) in [5.74, 6) is 1.91. The molecule has 0 spiro atoms. The van der Waals surface area contributed by atoms with Crippen LogP contribution in [0.3, 0.4) is 0 Å². The Bertz CT molecular complexity index is 2490. The Labute approximate surface area is 299 Å². The number of hydrogen-bond acceptors (Lipinski definition) is 4. The minimum Gasteiger partial charge on any atom is -0.457 e. The van der Waals surface area contributed by atoms with Gasteiger partial charge in [-0.3, -0.25) is 0 Å². The van der Waals surface area contributed by atoms with E-state index in [-0.39, 0.29) is 0 Å². The molecule has 6 aromatic carbocycles. The van der Waals surface area contributed by atoms with Gasteiger partial charge < -0.3 is 4.42 Å². The fourth-order valence-electron chi connectivity index (χ4n) is 7.33. The van der Waals surface area contributed by atoms with E-state index in [1.54, 1.807) is 0 Å². The fraction of sp³-hybridized carbons (Fsp3) is 0. The van der Waals surface area contributed by atoms with Crippen LogP contribution in [-0.4, -0.2) is 69.9 Å². The monoisotopic (exact) mass is 635 g/mol. The lowest BCUT2D eigenvalue weighted by Crippen LogP contribution is -2.47. The molecule has 0 saturated heterocycles. The summed E-state index contributed by atoms with van der Waals surface area (Å²) in [6.45, 7) is 0. The molecule has 0 atom stereocenters. The molecule has 0 saturated carbocycles. The second kappa shape index (κ2) is 12.5. The van der Waals surface area contributed by atoms with E-state index in [2.05, 4.69) is 152 Å². The molecule has 2 aromatic heterocycles. The topological polar surface area (TPSA) is 51.8 Å². The van der Waals surface area contributed by atoms with Crippen molar-refractivity contribution in [3.63, 3.8) is 0 Å². The Kier molecular flexibility index (Phi) is 7.94. The van der Waals surface area contributed by atoms with Gasteiger partial charge in [-0.25, -0.2) is 15.0 Å². The Morgan fingerprint density at radius 1 is 0.320 bits per heavy atom. The highest BCUT2D eigenvalue weighted by Crippen LogP contribution is 2.30. The third kappa shape index (κ3) is 5.24. The molecule has 0 N–H and O–H groups in total. The van der Waals surface area contributed by atoms with Gasteiger partial charge in [0.05, 0.1) is 0 Å². The smallest absolute Gasteiger partial charge is 0.164 e. The standard InChI is InChI=1S/C39H32B7N3O/c40-28-25-26-29(41)32(44)33(45)34(46)36(26)50-35(25)31(43)27(30(28)42)39-48-37(23-15-11-21(12-16-23)19-7-3-1-4-8-19)47-38(49-39)24-17-13-22(14-18-24)20-9-5-2-6-10-20/h1-18H,40-46H2. The van der Waals surface area contributed by atoms with Crippen molar-refractivity contribution in [3.05, 3.63) is 109 Å². The number of fused-ring (bicyclic) bond motifs is 3. The molecule has 11 heteroatoms. The number of benzene rings is 6. The van der Waals surface area contributed by atoms with Gasteiger partial charge in [0.1, 0.15) is 66.1 Å². The van der Waals surface area contributed by atoms with Crippen LogP contribution in [0.1, 0.15) is 0 Å². The molecule has 0 aliphatic rings. The lowest BCUT2D eigenvalue weighted by Gasteiger charge is -2.16. The van der Waals surface area contributed by atoms with Crippen LogP contribution in [0.2, 0.25) is 0 Å². The third-order valence-corrected chi connectivity index (χ3v) is 10.7. The van der Waals surface area contributed by atoms with E-state index < -0.39 is 0 Å². The van der Waals surface area contributed by atoms with E-state index in [0.29, 0.717) is 17.5 Å². The zero-order valence-electron chi connectivity index (χ0n) is 29.6. The number of rotatable bonds is 5. The van der Waals surface area contributed by atoms with E-state index in [1.807, 2.05) is 12.1 Å². The minimum absolute atomic E-state index is 0.635. The Morgan fingerprint density at radius 3 is 1.16 bits per heavy atom. The normalized spacial score (nSPS) is 11.4. The van der Waals surface area contributed by atoms with Gasteiger partial charge in [-0.15, -0.1) is 5.46 Å². The second-order valence-corrected chi connectivity index (χ2v) is 13.5. The van der Waals surface area contributed by atoms with Crippen LogP contribution in [0.5, 0.6) is 0 Å². The van der Waals surface area contributed by atoms with Crippen molar-refractivity contribution in [3.8, 4) is 56.4 Å². The fourth-order valence-corrected chi connectivity index (χ4v) is 7.33. The second-order valence-electron chi connectivity index (χ2n) is 13.5. The predicted octanol–water partition coefficient (Wildman–Crippen LogP) is -2.09. The summed E-state index contributed by atoms with van der Waals surface area (Å²) >= 11 is 0. The first-order valence-electron chi connectivity index (χ1n) is 17.2. The van der Waals surface area contributed by atoms with E-state index in [0.717, 1.165) is 49.9 Å². The summed E-state index contributed by atoms with van der Waals surface area (Å²) in [6, 6.07) is 37.8. The number of aromatic nitrogens is 3. The van der Waals surface area contributed by atoms with E-state index in [1.165, 1.54) is 49.2 Å². The first-order chi connectivity index (χ1) is 24.2. The molecule has 0 bridgehead atoms. The highest BCUT2D eigenvalue weighted by molar-refractivity contribution is 6.69. The summed E-state index contributed by atoms with van der Waals surface area (Å²) in [5.41, 5.74) is 17.8. The van der Waals surface area contributed by atoms with E-state index >= 15 is 0 Å². The Hall–Kier alpha value is -5.42. The molecule has 230 valence electrons. The van der Waals surface area contributed by atoms with Crippen LogP contribution in [0.15, 0.2) is 114 Å². The summed E-state index contributed by atoms with van der Waals surface area (Å²) in [4.78, 5) is 15.5. The highest BCUT2D eigenvalue weighted by atomic mass is 16.3. The SMILES string of the molecule is Bc1c(B)c(B)c2c(oc3c(B)c(-c4nc(-c5ccc(-c6ccccc6)cc5)nc(-c5ccc(-c6ccccc6)cc5)n4)c(B)c(B)c32)c1B. The van der Waals surface area contributed by atoms with Crippen LogP contribution in [-0.2, 0) is 0 Å². The quantitative estimate of drug-likeness (QED) is 0.204. The molecule has 2 heterocycles. The average molecular weight is 634 g/mol. The van der Waals surface area contributed by atoms with Crippen LogP contribution >= 0.6 is 0 Å². The maximum absolute atomic E-state index is 6.80. The maximum Gasteiger partial charge on any atom is 0.164 e. The molecule has 0 aliphatic heterocycles. The average Bonchev–Trinajstić information content (AvgIpc) is 3.58. The molecule has 0 radical (unpaired) electrons.